The number of alkyl halides is 1. The minimum absolute atomic E-state index is 0.0273. The maximum atomic E-state index is 11.0. The number of nitrogens with two attached hydrogens (primary N) is 1. The first-order valence-corrected chi connectivity index (χ1v) is 6.85. The number of aliphatic hydroxyl groups excluding tert-OH is 1. The van der Waals surface area contributed by atoms with Gasteiger partial charge in [-0.05, 0) is 11.4 Å². The van der Waals surface area contributed by atoms with Gasteiger partial charge in [0.15, 0.2) is 0 Å². The Labute approximate surface area is 88.6 Å². The molecule has 3 N–H and O–H groups in total. The number of rotatable bonds is 3. The number of halogens is 1. The van der Waals surface area contributed by atoms with E-state index >= 15 is 0 Å². The molecule has 0 bridgehead atoms. The molecule has 0 saturated heterocycles. The molecule has 1 atom stereocenters. The van der Waals surface area contributed by atoms with Crippen LogP contribution >= 0.6 is 27.3 Å². The molecule has 0 amide bonds. The minimum Gasteiger partial charge on any atom is -0.387 e. The highest BCUT2D eigenvalue weighted by atomic mass is 79.9. The van der Waals surface area contributed by atoms with Crippen LogP contribution in [0.4, 0.5) is 0 Å². The van der Waals surface area contributed by atoms with Crippen LogP contribution in [-0.2, 0) is 10.0 Å². The molecule has 1 aromatic rings. The van der Waals surface area contributed by atoms with Crippen LogP contribution in [0, 0.1) is 0 Å². The van der Waals surface area contributed by atoms with Crippen molar-refractivity contribution in [2.24, 2.45) is 5.14 Å². The van der Waals surface area contributed by atoms with E-state index in [1.165, 1.54) is 0 Å². The zero-order chi connectivity index (χ0) is 10.1. The molecule has 1 aromatic heterocycles. The summed E-state index contributed by atoms with van der Waals surface area (Å²) in [4.78, 5) is 0. The Morgan fingerprint density at radius 3 is 2.77 bits per heavy atom. The Bertz CT molecular complexity index is 386. The molecule has 7 heteroatoms. The second-order valence-electron chi connectivity index (χ2n) is 2.38. The van der Waals surface area contributed by atoms with Crippen LogP contribution in [0.5, 0.6) is 0 Å². The van der Waals surface area contributed by atoms with Gasteiger partial charge in [-0.1, -0.05) is 15.9 Å². The zero-order valence-corrected chi connectivity index (χ0v) is 9.69. The number of hydrogen-bond acceptors (Lipinski definition) is 4. The van der Waals surface area contributed by atoms with Crippen LogP contribution in [0.25, 0.3) is 0 Å². The monoisotopic (exact) mass is 285 g/mol. The summed E-state index contributed by atoms with van der Waals surface area (Å²) in [6.45, 7) is 0. The fourth-order valence-electron chi connectivity index (χ4n) is 0.867. The van der Waals surface area contributed by atoms with Crippen molar-refractivity contribution in [1.82, 2.24) is 0 Å². The van der Waals surface area contributed by atoms with Crippen molar-refractivity contribution in [2.75, 3.05) is 5.33 Å². The lowest BCUT2D eigenvalue weighted by Crippen LogP contribution is -2.14. The third-order valence-corrected chi connectivity index (χ3v) is 4.50. The van der Waals surface area contributed by atoms with Gasteiger partial charge in [0, 0.05) is 10.9 Å². The summed E-state index contributed by atoms with van der Waals surface area (Å²) >= 11 is 4.06. The van der Waals surface area contributed by atoms with Gasteiger partial charge in [0.25, 0.3) is 0 Å². The molecule has 1 rings (SSSR count). The van der Waals surface area contributed by atoms with E-state index in [1.54, 1.807) is 11.4 Å². The lowest BCUT2D eigenvalue weighted by atomic mass is 10.2. The predicted molar refractivity (Wildman–Crippen MR) is 54.4 cm³/mol. The summed E-state index contributed by atoms with van der Waals surface area (Å²) in [5.41, 5.74) is 0.351. The third-order valence-electron chi connectivity index (χ3n) is 1.42. The highest BCUT2D eigenvalue weighted by molar-refractivity contribution is 9.09. The molecule has 1 heterocycles. The molecule has 0 spiro atoms. The Kier molecular flexibility index (Phi) is 3.47. The second-order valence-corrected chi connectivity index (χ2v) is 5.70. The number of hydrogen-bond donors (Lipinski definition) is 2. The van der Waals surface area contributed by atoms with E-state index in [2.05, 4.69) is 15.9 Å². The smallest absolute Gasteiger partial charge is 0.247 e. The lowest BCUT2D eigenvalue weighted by molar-refractivity contribution is 0.203. The van der Waals surface area contributed by atoms with Crippen molar-refractivity contribution in [3.63, 3.8) is 0 Å². The Hall–Kier alpha value is 0.0500. The number of primary sulfonamides is 1. The first-order chi connectivity index (χ1) is 5.96. The van der Waals surface area contributed by atoms with Gasteiger partial charge in [0.2, 0.25) is 10.0 Å². The summed E-state index contributed by atoms with van der Waals surface area (Å²) in [7, 11) is -3.71. The minimum atomic E-state index is -3.71. The fourth-order valence-corrected chi connectivity index (χ4v) is 3.13. The maximum Gasteiger partial charge on any atom is 0.247 e. The quantitative estimate of drug-likeness (QED) is 0.807. The van der Waals surface area contributed by atoms with Crippen molar-refractivity contribution < 1.29 is 13.5 Å². The van der Waals surface area contributed by atoms with E-state index in [0.717, 1.165) is 11.3 Å². The summed E-state index contributed by atoms with van der Waals surface area (Å²) in [6, 6.07) is 1.55. The SMILES string of the molecule is NS(=O)(=O)c1sccc1C(O)CBr. The van der Waals surface area contributed by atoms with Crippen LogP contribution in [0.2, 0.25) is 0 Å². The maximum absolute atomic E-state index is 11.0. The van der Waals surface area contributed by atoms with Gasteiger partial charge in [0.1, 0.15) is 4.21 Å². The first-order valence-electron chi connectivity index (χ1n) is 3.31. The van der Waals surface area contributed by atoms with E-state index in [-0.39, 0.29) is 9.54 Å². The Morgan fingerprint density at radius 1 is 1.69 bits per heavy atom. The van der Waals surface area contributed by atoms with Crippen LogP contribution in [0.15, 0.2) is 15.7 Å². The zero-order valence-electron chi connectivity index (χ0n) is 6.47. The van der Waals surface area contributed by atoms with Gasteiger partial charge in [-0.3, -0.25) is 0 Å². The van der Waals surface area contributed by atoms with Crippen molar-refractivity contribution >= 4 is 37.3 Å². The number of aliphatic hydroxyl groups is 1. The van der Waals surface area contributed by atoms with Crippen molar-refractivity contribution in [1.29, 1.82) is 0 Å². The van der Waals surface area contributed by atoms with E-state index in [9.17, 15) is 13.5 Å². The molecular weight excluding hydrogens is 278 g/mol. The molecule has 0 radical (unpaired) electrons. The van der Waals surface area contributed by atoms with E-state index in [1.807, 2.05) is 0 Å². The molecule has 0 aliphatic heterocycles. The standard InChI is InChI=1S/C6H8BrNO3S2/c7-3-5(9)4-1-2-12-6(4)13(8,10)11/h1-2,5,9H,3H2,(H2,8,10,11). The van der Waals surface area contributed by atoms with Gasteiger partial charge < -0.3 is 5.11 Å². The molecule has 0 fully saturated rings. The molecule has 1 unspecified atom stereocenters. The van der Waals surface area contributed by atoms with Gasteiger partial charge in [-0.25, -0.2) is 13.6 Å². The topological polar surface area (TPSA) is 80.4 Å². The summed E-state index contributed by atoms with van der Waals surface area (Å²) in [6.07, 6.45) is -0.834. The number of thiophene rings is 1. The Balaban J connectivity index is 3.18. The van der Waals surface area contributed by atoms with Crippen LogP contribution in [-0.4, -0.2) is 18.9 Å². The Morgan fingerprint density at radius 2 is 2.31 bits per heavy atom. The fraction of sp³-hybridized carbons (Fsp3) is 0.333. The van der Waals surface area contributed by atoms with Gasteiger partial charge in [0.05, 0.1) is 6.10 Å². The van der Waals surface area contributed by atoms with Gasteiger partial charge in [-0.2, -0.15) is 0 Å². The third kappa shape index (κ3) is 2.50. The number of sulfonamides is 1. The molecule has 0 saturated carbocycles. The molecular formula is C6H8BrNO3S2. The normalized spacial score (nSPS) is 14.4. The largest absolute Gasteiger partial charge is 0.387 e. The summed E-state index contributed by atoms with van der Waals surface area (Å²) < 4.78 is 22.0. The van der Waals surface area contributed by atoms with Crippen LogP contribution < -0.4 is 5.14 Å². The average molecular weight is 286 g/mol. The van der Waals surface area contributed by atoms with E-state index < -0.39 is 16.1 Å². The lowest BCUT2D eigenvalue weighted by Gasteiger charge is -2.06. The van der Waals surface area contributed by atoms with Crippen molar-refractivity contribution in [2.45, 2.75) is 10.3 Å². The molecule has 0 aliphatic rings. The molecule has 74 valence electrons. The molecule has 0 aliphatic carbocycles. The van der Waals surface area contributed by atoms with E-state index in [4.69, 9.17) is 5.14 Å². The summed E-state index contributed by atoms with van der Waals surface area (Å²) in [5.74, 6) is 0. The average Bonchev–Trinajstić information content (AvgIpc) is 2.49. The van der Waals surface area contributed by atoms with Gasteiger partial charge >= 0.3 is 0 Å². The van der Waals surface area contributed by atoms with Crippen molar-refractivity contribution in [3.8, 4) is 0 Å². The predicted octanol–water partition coefficient (Wildman–Crippen LogP) is 0.824. The van der Waals surface area contributed by atoms with Crippen LogP contribution in [0.1, 0.15) is 11.7 Å². The highest BCUT2D eigenvalue weighted by Gasteiger charge is 2.20. The highest BCUT2D eigenvalue weighted by Crippen LogP contribution is 2.27. The first kappa shape index (κ1) is 11.1. The van der Waals surface area contributed by atoms with E-state index in [0.29, 0.717) is 5.56 Å². The summed E-state index contributed by atoms with van der Waals surface area (Å²) in [5, 5.41) is 16.2. The van der Waals surface area contributed by atoms with Gasteiger partial charge in [-0.15, -0.1) is 11.3 Å². The molecule has 0 aromatic carbocycles. The second kappa shape index (κ2) is 4.05. The van der Waals surface area contributed by atoms with Crippen molar-refractivity contribution in [3.05, 3.63) is 17.0 Å². The molecule has 4 nitrogen and oxygen atoms in total. The molecule has 13 heavy (non-hydrogen) atoms. The van der Waals surface area contributed by atoms with Crippen LogP contribution in [0.3, 0.4) is 0 Å².